The van der Waals surface area contributed by atoms with Crippen molar-refractivity contribution in [1.29, 1.82) is 0 Å². The highest BCUT2D eigenvalue weighted by molar-refractivity contribution is 6.13. The van der Waals surface area contributed by atoms with Crippen LogP contribution in [-0.4, -0.2) is 31.5 Å². The van der Waals surface area contributed by atoms with E-state index in [1.165, 1.54) is 14.0 Å². The van der Waals surface area contributed by atoms with Crippen LogP contribution in [0.4, 0.5) is 5.69 Å². The van der Waals surface area contributed by atoms with Gasteiger partial charge in [0.1, 0.15) is 6.61 Å². The Morgan fingerprint density at radius 1 is 1.21 bits per heavy atom. The van der Waals surface area contributed by atoms with E-state index in [9.17, 15) is 9.59 Å². The van der Waals surface area contributed by atoms with Crippen molar-refractivity contribution < 1.29 is 23.8 Å². The quantitative estimate of drug-likeness (QED) is 0.442. The van der Waals surface area contributed by atoms with E-state index in [4.69, 9.17) is 14.2 Å². The summed E-state index contributed by atoms with van der Waals surface area (Å²) in [6.07, 6.45) is 3.25. The summed E-state index contributed by atoms with van der Waals surface area (Å²) in [5.41, 5.74) is 2.16. The van der Waals surface area contributed by atoms with Crippen molar-refractivity contribution in [2.24, 2.45) is 4.99 Å². The van der Waals surface area contributed by atoms with Crippen LogP contribution in [0.25, 0.3) is 6.08 Å². The lowest BCUT2D eigenvalue weighted by Gasteiger charge is -2.09. The molecule has 1 aliphatic rings. The molecule has 0 atom stereocenters. The summed E-state index contributed by atoms with van der Waals surface area (Å²) in [6.45, 7) is 5.41. The first kappa shape index (κ1) is 19.9. The standard InChI is InChI=1S/C22H20N2O5/c1-4-11-28-19-10-5-15(13-20(19)27-3)12-18-22(26)29-21(24-18)16-6-8-17(9-7-16)23-14(2)25/h4-10,12-13H,1,11H2,2-3H3,(H,23,25)/b18-12-. The molecule has 7 nitrogen and oxygen atoms in total. The lowest BCUT2D eigenvalue weighted by atomic mass is 10.1. The molecule has 3 rings (SSSR count). The number of aliphatic imine (C=N–C) groups is 1. The van der Waals surface area contributed by atoms with E-state index in [1.54, 1.807) is 54.6 Å². The number of hydrogen-bond donors (Lipinski definition) is 1. The number of ether oxygens (including phenoxy) is 3. The van der Waals surface area contributed by atoms with Crippen LogP contribution < -0.4 is 14.8 Å². The second kappa shape index (κ2) is 8.88. The number of carbonyl (C=O) groups excluding carboxylic acids is 2. The highest BCUT2D eigenvalue weighted by Gasteiger charge is 2.24. The van der Waals surface area contributed by atoms with Gasteiger partial charge in [0, 0.05) is 18.2 Å². The number of nitrogens with one attached hydrogen (secondary N) is 1. The maximum absolute atomic E-state index is 12.2. The van der Waals surface area contributed by atoms with E-state index in [-0.39, 0.29) is 17.5 Å². The van der Waals surface area contributed by atoms with Gasteiger partial charge in [-0.15, -0.1) is 0 Å². The zero-order valence-electron chi connectivity index (χ0n) is 16.1. The molecular weight excluding hydrogens is 372 g/mol. The number of carbonyl (C=O) groups is 2. The van der Waals surface area contributed by atoms with E-state index in [2.05, 4.69) is 16.9 Å². The number of esters is 1. The molecule has 1 heterocycles. The van der Waals surface area contributed by atoms with Gasteiger partial charge in [0.15, 0.2) is 17.2 Å². The van der Waals surface area contributed by atoms with Crippen LogP contribution in [-0.2, 0) is 14.3 Å². The number of anilines is 1. The highest BCUT2D eigenvalue weighted by atomic mass is 16.6. The molecule has 0 bridgehead atoms. The third-order valence-electron chi connectivity index (χ3n) is 3.92. The first-order valence-corrected chi connectivity index (χ1v) is 8.82. The number of benzene rings is 2. The van der Waals surface area contributed by atoms with Crippen molar-refractivity contribution in [3.05, 3.63) is 71.9 Å². The van der Waals surface area contributed by atoms with Gasteiger partial charge in [-0.1, -0.05) is 18.7 Å². The fraction of sp³-hybridized carbons (Fsp3) is 0.136. The molecule has 0 unspecified atom stereocenters. The van der Waals surface area contributed by atoms with Gasteiger partial charge < -0.3 is 19.5 Å². The van der Waals surface area contributed by atoms with Crippen molar-refractivity contribution in [3.63, 3.8) is 0 Å². The van der Waals surface area contributed by atoms with Crippen molar-refractivity contribution in [2.75, 3.05) is 19.0 Å². The summed E-state index contributed by atoms with van der Waals surface area (Å²) in [6, 6.07) is 12.1. The number of hydrogen-bond acceptors (Lipinski definition) is 6. The molecule has 0 spiro atoms. The van der Waals surface area contributed by atoms with E-state index in [0.29, 0.717) is 34.9 Å². The fourth-order valence-electron chi connectivity index (χ4n) is 2.63. The molecule has 1 N–H and O–H groups in total. The van der Waals surface area contributed by atoms with Gasteiger partial charge in [0.2, 0.25) is 11.8 Å². The van der Waals surface area contributed by atoms with Gasteiger partial charge >= 0.3 is 5.97 Å². The maximum Gasteiger partial charge on any atom is 0.363 e. The number of methoxy groups -OCH3 is 1. The molecule has 148 valence electrons. The first-order chi connectivity index (χ1) is 14.0. The van der Waals surface area contributed by atoms with E-state index in [0.717, 1.165) is 0 Å². The van der Waals surface area contributed by atoms with Gasteiger partial charge in [-0.3, -0.25) is 4.79 Å². The molecule has 0 fully saturated rings. The number of nitrogens with zero attached hydrogens (tertiary/aromatic N) is 1. The van der Waals surface area contributed by atoms with Crippen molar-refractivity contribution in [2.45, 2.75) is 6.92 Å². The molecule has 0 radical (unpaired) electrons. The lowest BCUT2D eigenvalue weighted by molar-refractivity contribution is -0.129. The summed E-state index contributed by atoms with van der Waals surface area (Å²) >= 11 is 0. The average molecular weight is 392 g/mol. The highest BCUT2D eigenvalue weighted by Crippen LogP contribution is 2.30. The minimum Gasteiger partial charge on any atom is -0.493 e. The van der Waals surface area contributed by atoms with Crippen LogP contribution in [0, 0.1) is 0 Å². The normalized spacial score (nSPS) is 14.2. The monoisotopic (exact) mass is 392 g/mol. The predicted molar refractivity (Wildman–Crippen MR) is 110 cm³/mol. The minimum atomic E-state index is -0.545. The van der Waals surface area contributed by atoms with Gasteiger partial charge in [0.05, 0.1) is 7.11 Å². The van der Waals surface area contributed by atoms with Crippen molar-refractivity contribution >= 4 is 29.5 Å². The van der Waals surface area contributed by atoms with Crippen LogP contribution in [0.5, 0.6) is 11.5 Å². The molecule has 29 heavy (non-hydrogen) atoms. The summed E-state index contributed by atoms with van der Waals surface area (Å²) in [5, 5.41) is 2.68. The van der Waals surface area contributed by atoms with Crippen LogP contribution >= 0.6 is 0 Å². The van der Waals surface area contributed by atoms with E-state index >= 15 is 0 Å². The van der Waals surface area contributed by atoms with Gasteiger partial charge in [-0.25, -0.2) is 9.79 Å². The van der Waals surface area contributed by atoms with Gasteiger partial charge in [-0.05, 0) is 48.0 Å². The first-order valence-electron chi connectivity index (χ1n) is 8.82. The second-order valence-electron chi connectivity index (χ2n) is 6.10. The number of rotatable bonds is 7. The SMILES string of the molecule is C=CCOc1ccc(/C=C2\N=C(c3ccc(NC(C)=O)cc3)OC2=O)cc1OC. The third-order valence-corrected chi connectivity index (χ3v) is 3.92. The minimum absolute atomic E-state index is 0.163. The molecule has 0 aromatic heterocycles. The molecule has 0 saturated heterocycles. The van der Waals surface area contributed by atoms with Crippen LogP contribution in [0.3, 0.4) is 0 Å². The summed E-state index contributed by atoms with van der Waals surface area (Å²) in [7, 11) is 1.54. The third kappa shape index (κ3) is 4.90. The molecule has 0 aliphatic carbocycles. The maximum atomic E-state index is 12.2. The Labute approximate surface area is 168 Å². The zero-order valence-corrected chi connectivity index (χ0v) is 16.1. The smallest absolute Gasteiger partial charge is 0.363 e. The molecular formula is C22H20N2O5. The van der Waals surface area contributed by atoms with Gasteiger partial charge in [-0.2, -0.15) is 0 Å². The lowest BCUT2D eigenvalue weighted by Crippen LogP contribution is -2.07. The molecule has 0 saturated carbocycles. The van der Waals surface area contributed by atoms with E-state index < -0.39 is 5.97 Å². The average Bonchev–Trinajstić information content (AvgIpc) is 3.07. The Hall–Kier alpha value is -3.87. The summed E-state index contributed by atoms with van der Waals surface area (Å²) in [5.74, 6) is 0.603. The van der Waals surface area contributed by atoms with Gasteiger partial charge in [0.25, 0.3) is 0 Å². The summed E-state index contributed by atoms with van der Waals surface area (Å²) in [4.78, 5) is 27.6. The Kier molecular flexibility index (Phi) is 6.09. The molecule has 1 amide bonds. The topological polar surface area (TPSA) is 86.2 Å². The predicted octanol–water partition coefficient (Wildman–Crippen LogP) is 3.56. The van der Waals surface area contributed by atoms with Crippen molar-refractivity contribution in [1.82, 2.24) is 0 Å². The molecule has 7 heteroatoms. The number of cyclic esters (lactones) is 1. The number of amides is 1. The fourth-order valence-corrected chi connectivity index (χ4v) is 2.63. The Balaban J connectivity index is 1.82. The van der Waals surface area contributed by atoms with E-state index in [1.807, 2.05) is 0 Å². The van der Waals surface area contributed by atoms with Crippen molar-refractivity contribution in [3.8, 4) is 11.5 Å². The molecule has 2 aromatic rings. The Bertz CT molecular complexity index is 1010. The van der Waals surface area contributed by atoms with Crippen LogP contribution in [0.15, 0.2) is 65.8 Å². The van der Waals surface area contributed by atoms with Crippen LogP contribution in [0.2, 0.25) is 0 Å². The Morgan fingerprint density at radius 2 is 1.97 bits per heavy atom. The van der Waals surface area contributed by atoms with Crippen LogP contribution in [0.1, 0.15) is 18.1 Å². The zero-order chi connectivity index (χ0) is 20.8. The largest absolute Gasteiger partial charge is 0.493 e. The second-order valence-corrected chi connectivity index (χ2v) is 6.10. The molecule has 2 aromatic carbocycles. The molecule has 1 aliphatic heterocycles. The Morgan fingerprint density at radius 3 is 2.62 bits per heavy atom. The summed E-state index contributed by atoms with van der Waals surface area (Å²) < 4.78 is 16.1.